The molecule has 1 aliphatic heterocycles. The van der Waals surface area contributed by atoms with Gasteiger partial charge in [-0.05, 0) is 74.4 Å². The number of likely N-dealkylation sites (tertiary alicyclic amines) is 1. The molecule has 2 aromatic rings. The van der Waals surface area contributed by atoms with E-state index in [1.54, 1.807) is 11.0 Å². The quantitative estimate of drug-likeness (QED) is 0.380. The van der Waals surface area contributed by atoms with E-state index >= 15 is 0 Å². The van der Waals surface area contributed by atoms with Crippen molar-refractivity contribution < 1.29 is 22.4 Å². The Bertz CT molecular complexity index is 1010. The summed E-state index contributed by atoms with van der Waals surface area (Å²) in [6.45, 7) is 6.72. The molecule has 4 rings (SSSR count). The van der Waals surface area contributed by atoms with Crippen molar-refractivity contribution in [3.05, 3.63) is 71.0 Å². The van der Waals surface area contributed by atoms with Crippen LogP contribution < -0.4 is 0 Å². The van der Waals surface area contributed by atoms with Gasteiger partial charge in [-0.15, -0.1) is 0 Å². The van der Waals surface area contributed by atoms with Crippen LogP contribution in [-0.2, 0) is 6.18 Å². The van der Waals surface area contributed by atoms with Gasteiger partial charge in [0.05, 0.1) is 5.56 Å². The largest absolute Gasteiger partial charge is 0.416 e. The standard InChI is InChI=1S/C29H36F4N2O/c1-20(2)35(28(36)22-11-13-26(30)14-12-22)18-24-17-34(16-21-7-4-3-5-8-21)19-27(24)23-9-6-10-25(15-23)29(31,32)33/h6,9-15,20-21,24,27H,3-5,7-8,16-19H2,1-2H3/t24-,27-/m1/s1. The molecular weight excluding hydrogens is 468 g/mol. The van der Waals surface area contributed by atoms with Crippen LogP contribution in [0, 0.1) is 17.7 Å². The van der Waals surface area contributed by atoms with E-state index in [9.17, 15) is 22.4 Å². The smallest absolute Gasteiger partial charge is 0.336 e. The van der Waals surface area contributed by atoms with Gasteiger partial charge in [-0.1, -0.05) is 37.5 Å². The Morgan fingerprint density at radius 1 is 1.03 bits per heavy atom. The molecule has 0 spiro atoms. The number of hydrogen-bond donors (Lipinski definition) is 0. The maximum atomic E-state index is 13.5. The minimum atomic E-state index is -4.39. The highest BCUT2D eigenvalue weighted by atomic mass is 19.4. The Morgan fingerprint density at radius 2 is 1.72 bits per heavy atom. The van der Waals surface area contributed by atoms with E-state index in [2.05, 4.69) is 4.90 Å². The summed E-state index contributed by atoms with van der Waals surface area (Å²) >= 11 is 0. The van der Waals surface area contributed by atoms with Gasteiger partial charge in [-0.3, -0.25) is 4.79 Å². The van der Waals surface area contributed by atoms with E-state index in [0.717, 1.165) is 19.2 Å². The van der Waals surface area contributed by atoms with Crippen LogP contribution in [-0.4, -0.2) is 47.9 Å². The van der Waals surface area contributed by atoms with Crippen molar-refractivity contribution in [3.63, 3.8) is 0 Å². The first-order valence-corrected chi connectivity index (χ1v) is 13.1. The second-order valence-electron chi connectivity index (χ2n) is 10.8. The summed E-state index contributed by atoms with van der Waals surface area (Å²) < 4.78 is 53.9. The molecule has 7 heteroatoms. The van der Waals surface area contributed by atoms with Gasteiger partial charge < -0.3 is 9.80 Å². The molecule has 0 aromatic heterocycles. The zero-order chi connectivity index (χ0) is 25.9. The molecule has 1 heterocycles. The Labute approximate surface area is 211 Å². The summed E-state index contributed by atoms with van der Waals surface area (Å²) in [7, 11) is 0. The fraction of sp³-hybridized carbons (Fsp3) is 0.552. The molecule has 36 heavy (non-hydrogen) atoms. The summed E-state index contributed by atoms with van der Waals surface area (Å²) in [6, 6.07) is 11.1. The Morgan fingerprint density at radius 3 is 2.36 bits per heavy atom. The van der Waals surface area contributed by atoms with E-state index in [-0.39, 0.29) is 23.8 Å². The highest BCUT2D eigenvalue weighted by molar-refractivity contribution is 5.94. The first-order chi connectivity index (χ1) is 17.1. The number of amides is 1. The maximum absolute atomic E-state index is 13.5. The number of benzene rings is 2. The van der Waals surface area contributed by atoms with Gasteiger partial charge in [-0.2, -0.15) is 13.2 Å². The first kappa shape index (κ1) is 26.6. The summed E-state index contributed by atoms with van der Waals surface area (Å²) in [6.07, 6.45) is 1.78. The molecule has 1 saturated heterocycles. The Kier molecular flexibility index (Phi) is 8.38. The number of carbonyl (C=O) groups excluding carboxylic acids is 1. The van der Waals surface area contributed by atoms with Crippen LogP contribution in [0.1, 0.15) is 73.4 Å². The molecule has 2 aliphatic rings. The van der Waals surface area contributed by atoms with Crippen LogP contribution in [0.4, 0.5) is 17.6 Å². The van der Waals surface area contributed by atoms with Crippen LogP contribution >= 0.6 is 0 Å². The van der Waals surface area contributed by atoms with Gasteiger partial charge >= 0.3 is 6.18 Å². The van der Waals surface area contributed by atoms with Crippen LogP contribution in [0.25, 0.3) is 0 Å². The molecule has 3 nitrogen and oxygen atoms in total. The van der Waals surface area contributed by atoms with Crippen LogP contribution in [0.3, 0.4) is 0 Å². The first-order valence-electron chi connectivity index (χ1n) is 13.1. The second kappa shape index (κ2) is 11.3. The number of halogens is 4. The fourth-order valence-corrected chi connectivity index (χ4v) is 5.89. The SMILES string of the molecule is CC(C)N(C[C@H]1CN(CC2CCCCC2)C[C@@H]1c1cccc(C(F)(F)F)c1)C(=O)c1ccc(F)cc1. The number of nitrogens with zero attached hydrogens (tertiary/aromatic N) is 2. The van der Waals surface area contributed by atoms with E-state index < -0.39 is 17.6 Å². The van der Waals surface area contributed by atoms with Crippen molar-refractivity contribution in [3.8, 4) is 0 Å². The summed E-state index contributed by atoms with van der Waals surface area (Å²) in [5.74, 6) is -0.0522. The van der Waals surface area contributed by atoms with E-state index in [4.69, 9.17) is 0 Å². The third kappa shape index (κ3) is 6.47. The van der Waals surface area contributed by atoms with Crippen molar-refractivity contribution in [2.45, 2.75) is 64.1 Å². The monoisotopic (exact) mass is 504 g/mol. The molecular formula is C29H36F4N2O. The predicted molar refractivity (Wildman–Crippen MR) is 133 cm³/mol. The van der Waals surface area contributed by atoms with Crippen LogP contribution in [0.5, 0.6) is 0 Å². The summed E-state index contributed by atoms with van der Waals surface area (Å²) in [5.41, 5.74) is 0.462. The molecule has 196 valence electrons. The van der Waals surface area contributed by atoms with Gasteiger partial charge in [0.25, 0.3) is 5.91 Å². The molecule has 1 saturated carbocycles. The maximum Gasteiger partial charge on any atom is 0.416 e. The van der Waals surface area contributed by atoms with E-state index in [1.807, 2.05) is 13.8 Å². The number of carbonyl (C=O) groups is 1. The topological polar surface area (TPSA) is 23.6 Å². The number of alkyl halides is 3. The van der Waals surface area contributed by atoms with Crippen molar-refractivity contribution >= 4 is 5.91 Å². The molecule has 2 fully saturated rings. The van der Waals surface area contributed by atoms with Crippen LogP contribution in [0.15, 0.2) is 48.5 Å². The molecule has 0 bridgehead atoms. The van der Waals surface area contributed by atoms with Gasteiger partial charge in [-0.25, -0.2) is 4.39 Å². The average Bonchev–Trinajstić information content (AvgIpc) is 3.25. The lowest BCUT2D eigenvalue weighted by Gasteiger charge is -2.32. The minimum Gasteiger partial charge on any atom is -0.336 e. The lowest BCUT2D eigenvalue weighted by Crippen LogP contribution is -2.42. The highest BCUT2D eigenvalue weighted by Crippen LogP contribution is 2.38. The summed E-state index contributed by atoms with van der Waals surface area (Å²) in [4.78, 5) is 17.5. The Balaban J connectivity index is 1.58. The molecule has 1 aliphatic carbocycles. The molecule has 0 radical (unpaired) electrons. The Hall–Kier alpha value is -2.41. The van der Waals surface area contributed by atoms with Gasteiger partial charge in [0.1, 0.15) is 5.82 Å². The number of hydrogen-bond acceptors (Lipinski definition) is 2. The zero-order valence-electron chi connectivity index (χ0n) is 21.1. The van der Waals surface area contributed by atoms with E-state index in [0.29, 0.717) is 30.1 Å². The fourth-order valence-electron chi connectivity index (χ4n) is 5.89. The van der Waals surface area contributed by atoms with Gasteiger partial charge in [0.2, 0.25) is 0 Å². The predicted octanol–water partition coefficient (Wildman–Crippen LogP) is 6.99. The van der Waals surface area contributed by atoms with Gasteiger partial charge in [0.15, 0.2) is 0 Å². The normalized spacial score (nSPS) is 21.8. The lowest BCUT2D eigenvalue weighted by molar-refractivity contribution is -0.137. The molecule has 2 atom stereocenters. The van der Waals surface area contributed by atoms with E-state index in [1.165, 1.54) is 68.5 Å². The van der Waals surface area contributed by atoms with Gasteiger partial charge in [0, 0.05) is 43.7 Å². The minimum absolute atomic E-state index is 0.00359. The van der Waals surface area contributed by atoms with Crippen LogP contribution in [0.2, 0.25) is 0 Å². The third-order valence-corrected chi connectivity index (χ3v) is 7.81. The highest BCUT2D eigenvalue weighted by Gasteiger charge is 2.38. The molecule has 0 N–H and O–H groups in total. The molecule has 2 aromatic carbocycles. The van der Waals surface area contributed by atoms with Crippen molar-refractivity contribution in [1.29, 1.82) is 0 Å². The van der Waals surface area contributed by atoms with Crippen molar-refractivity contribution in [2.75, 3.05) is 26.2 Å². The summed E-state index contributed by atoms with van der Waals surface area (Å²) in [5, 5.41) is 0. The number of rotatable bonds is 7. The van der Waals surface area contributed by atoms with Crippen molar-refractivity contribution in [1.82, 2.24) is 9.80 Å². The zero-order valence-corrected chi connectivity index (χ0v) is 21.1. The molecule has 1 amide bonds. The third-order valence-electron chi connectivity index (χ3n) is 7.81. The van der Waals surface area contributed by atoms with Crippen molar-refractivity contribution in [2.24, 2.45) is 11.8 Å². The lowest BCUT2D eigenvalue weighted by atomic mass is 9.87. The second-order valence-corrected chi connectivity index (χ2v) is 10.8. The average molecular weight is 505 g/mol. The molecule has 0 unspecified atom stereocenters.